The van der Waals surface area contributed by atoms with E-state index in [2.05, 4.69) is 42.9 Å². The molecule has 23 heavy (non-hydrogen) atoms. The third kappa shape index (κ3) is 11.3. The first-order valence-corrected chi connectivity index (χ1v) is 10.3. The molecule has 1 aromatic rings. The number of rotatable bonds is 15. The van der Waals surface area contributed by atoms with Crippen LogP contribution in [0.4, 0.5) is 0 Å². The van der Waals surface area contributed by atoms with E-state index in [9.17, 15) is 0 Å². The van der Waals surface area contributed by atoms with Gasteiger partial charge in [-0.15, -0.1) is 0 Å². The predicted molar refractivity (Wildman–Crippen MR) is 102 cm³/mol. The van der Waals surface area contributed by atoms with Gasteiger partial charge < -0.3 is 0 Å². The van der Waals surface area contributed by atoms with E-state index in [0.717, 1.165) is 0 Å². The van der Waals surface area contributed by atoms with Crippen molar-refractivity contribution in [1.82, 2.24) is 0 Å². The van der Waals surface area contributed by atoms with Crippen molar-refractivity contribution in [3.63, 3.8) is 0 Å². The molecule has 1 heterocycles. The predicted octanol–water partition coefficient (Wildman–Crippen LogP) is 6.63. The van der Waals surface area contributed by atoms with Crippen molar-refractivity contribution in [1.29, 1.82) is 0 Å². The number of pyridine rings is 1. The number of nitrogens with zero attached hydrogens (tertiary/aromatic N) is 1. The normalized spacial score (nSPS) is 11.0. The minimum atomic E-state index is 1.19. The third-order valence-electron chi connectivity index (χ3n) is 4.76. The Balaban J connectivity index is 2.01. The van der Waals surface area contributed by atoms with Crippen molar-refractivity contribution >= 4 is 0 Å². The van der Waals surface area contributed by atoms with Crippen molar-refractivity contribution in [2.24, 2.45) is 0 Å². The van der Waals surface area contributed by atoms with Crippen LogP contribution in [-0.4, -0.2) is 0 Å². The van der Waals surface area contributed by atoms with E-state index in [1.54, 1.807) is 0 Å². The van der Waals surface area contributed by atoms with E-state index in [1.807, 2.05) is 0 Å². The molecule has 0 aliphatic rings. The van der Waals surface area contributed by atoms with Crippen molar-refractivity contribution in [3.8, 4) is 0 Å². The summed E-state index contributed by atoms with van der Waals surface area (Å²) in [5.74, 6) is 0. The zero-order valence-electron chi connectivity index (χ0n) is 15.9. The highest BCUT2D eigenvalue weighted by Gasteiger charge is 2.02. The van der Waals surface area contributed by atoms with E-state index < -0.39 is 0 Å². The molecule has 0 saturated heterocycles. The van der Waals surface area contributed by atoms with Gasteiger partial charge in [0.15, 0.2) is 12.4 Å². The van der Waals surface area contributed by atoms with Gasteiger partial charge in [0.05, 0.1) is 0 Å². The van der Waals surface area contributed by atoms with Gasteiger partial charge in [0.1, 0.15) is 6.54 Å². The molecule has 0 aliphatic heterocycles. The maximum atomic E-state index is 2.39. The molecule has 0 aromatic carbocycles. The van der Waals surface area contributed by atoms with E-state index in [-0.39, 0.29) is 0 Å². The molecule has 1 rings (SSSR count). The quantitative estimate of drug-likeness (QED) is 0.252. The van der Waals surface area contributed by atoms with Crippen LogP contribution < -0.4 is 4.57 Å². The Hall–Kier alpha value is -0.850. The fourth-order valence-electron chi connectivity index (χ4n) is 3.22. The molecule has 1 aromatic heterocycles. The zero-order valence-corrected chi connectivity index (χ0v) is 15.9. The maximum absolute atomic E-state index is 2.39. The summed E-state index contributed by atoms with van der Waals surface area (Å²) in [6, 6.07) is 4.50. The monoisotopic (exact) mass is 318 g/mol. The first kappa shape index (κ1) is 20.2. The Labute approximate surface area is 145 Å². The molecule has 0 radical (unpaired) electrons. The van der Waals surface area contributed by atoms with Crippen LogP contribution in [0.1, 0.15) is 103 Å². The largest absolute Gasteiger partial charge is 0.205 e. The summed E-state index contributed by atoms with van der Waals surface area (Å²) in [5.41, 5.74) is 1.51. The van der Waals surface area contributed by atoms with Crippen LogP contribution in [0.5, 0.6) is 0 Å². The van der Waals surface area contributed by atoms with Gasteiger partial charge in [-0.25, -0.2) is 4.57 Å². The SMILES string of the molecule is CCCCCCCCCCCC[n+]1cccc(CCCCC)c1. The van der Waals surface area contributed by atoms with Crippen LogP contribution >= 0.6 is 0 Å². The smallest absolute Gasteiger partial charge is 0.171 e. The fourth-order valence-corrected chi connectivity index (χ4v) is 3.22. The van der Waals surface area contributed by atoms with Crippen molar-refractivity contribution in [3.05, 3.63) is 30.1 Å². The Kier molecular flexibility index (Phi) is 12.9. The molecule has 132 valence electrons. The molecular formula is C22H40N+. The third-order valence-corrected chi connectivity index (χ3v) is 4.76. The highest BCUT2D eigenvalue weighted by Crippen LogP contribution is 2.10. The zero-order chi connectivity index (χ0) is 16.6. The van der Waals surface area contributed by atoms with Crippen LogP contribution in [0, 0.1) is 0 Å². The van der Waals surface area contributed by atoms with Crippen LogP contribution in [0.25, 0.3) is 0 Å². The van der Waals surface area contributed by atoms with Gasteiger partial charge in [-0.05, 0) is 25.3 Å². The lowest BCUT2D eigenvalue weighted by molar-refractivity contribution is -0.697. The molecule has 0 bridgehead atoms. The first-order chi connectivity index (χ1) is 11.4. The van der Waals surface area contributed by atoms with E-state index in [0.29, 0.717) is 0 Å². The van der Waals surface area contributed by atoms with Crippen LogP contribution in [0.3, 0.4) is 0 Å². The lowest BCUT2D eigenvalue weighted by Gasteiger charge is -2.03. The summed E-state index contributed by atoms with van der Waals surface area (Å²) >= 11 is 0. The van der Waals surface area contributed by atoms with Gasteiger partial charge in [-0.1, -0.05) is 78.1 Å². The standard InChI is InChI=1S/C22H40N/c1-3-5-7-8-9-10-11-12-13-15-19-23-20-16-18-22(21-23)17-14-6-4-2/h16,18,20-21H,3-15,17,19H2,1-2H3/q+1. The first-order valence-electron chi connectivity index (χ1n) is 10.3. The van der Waals surface area contributed by atoms with Gasteiger partial charge in [-0.2, -0.15) is 0 Å². The molecule has 1 heteroatoms. The molecular weight excluding hydrogens is 278 g/mol. The molecule has 0 spiro atoms. The molecule has 0 saturated carbocycles. The Morgan fingerprint density at radius 2 is 1.26 bits per heavy atom. The summed E-state index contributed by atoms with van der Waals surface area (Å²) in [5, 5.41) is 0. The molecule has 1 nitrogen and oxygen atoms in total. The second-order valence-corrected chi connectivity index (χ2v) is 7.09. The topological polar surface area (TPSA) is 3.88 Å². The number of aromatic nitrogens is 1. The molecule has 0 N–H and O–H groups in total. The van der Waals surface area contributed by atoms with E-state index in [4.69, 9.17) is 0 Å². The number of unbranched alkanes of at least 4 members (excludes halogenated alkanes) is 11. The van der Waals surface area contributed by atoms with Gasteiger partial charge in [0, 0.05) is 18.1 Å². The average Bonchev–Trinajstić information content (AvgIpc) is 2.57. The van der Waals surface area contributed by atoms with Crippen molar-refractivity contribution < 1.29 is 4.57 Å². The molecule has 0 aliphatic carbocycles. The second-order valence-electron chi connectivity index (χ2n) is 7.09. The van der Waals surface area contributed by atoms with Gasteiger partial charge in [-0.3, -0.25) is 0 Å². The molecule has 0 atom stereocenters. The number of hydrogen-bond acceptors (Lipinski definition) is 0. The molecule has 0 amide bonds. The summed E-state index contributed by atoms with van der Waals surface area (Å²) in [6.45, 7) is 5.76. The van der Waals surface area contributed by atoms with Crippen molar-refractivity contribution in [2.45, 2.75) is 110 Å². The van der Waals surface area contributed by atoms with Crippen LogP contribution in [-0.2, 0) is 13.0 Å². The highest BCUT2D eigenvalue weighted by molar-refractivity contribution is 5.05. The minimum Gasteiger partial charge on any atom is -0.205 e. The lowest BCUT2D eigenvalue weighted by Crippen LogP contribution is -2.33. The highest BCUT2D eigenvalue weighted by atomic mass is 14.9. The van der Waals surface area contributed by atoms with Gasteiger partial charge in [0.25, 0.3) is 0 Å². The number of aryl methyl sites for hydroxylation is 2. The minimum absolute atomic E-state index is 1.19. The fraction of sp³-hybridized carbons (Fsp3) is 0.773. The number of hydrogen-bond donors (Lipinski definition) is 0. The molecule has 0 fully saturated rings. The van der Waals surface area contributed by atoms with Crippen LogP contribution in [0.15, 0.2) is 24.5 Å². The Morgan fingerprint density at radius 3 is 1.91 bits per heavy atom. The van der Waals surface area contributed by atoms with E-state index in [1.165, 1.54) is 102 Å². The molecule has 0 unspecified atom stereocenters. The maximum Gasteiger partial charge on any atom is 0.171 e. The summed E-state index contributed by atoms with van der Waals surface area (Å²) < 4.78 is 2.39. The Morgan fingerprint density at radius 1 is 0.696 bits per heavy atom. The van der Waals surface area contributed by atoms with Gasteiger partial charge in [0.2, 0.25) is 0 Å². The van der Waals surface area contributed by atoms with Gasteiger partial charge >= 0.3 is 0 Å². The summed E-state index contributed by atoms with van der Waals surface area (Å²) in [4.78, 5) is 0. The second kappa shape index (κ2) is 14.7. The average molecular weight is 319 g/mol. The van der Waals surface area contributed by atoms with Crippen LogP contribution in [0.2, 0.25) is 0 Å². The lowest BCUT2D eigenvalue weighted by atomic mass is 10.1. The Bertz CT molecular complexity index is 372. The summed E-state index contributed by atoms with van der Waals surface area (Å²) in [6.07, 6.45) is 24.0. The van der Waals surface area contributed by atoms with E-state index >= 15 is 0 Å². The summed E-state index contributed by atoms with van der Waals surface area (Å²) in [7, 11) is 0. The van der Waals surface area contributed by atoms with Crippen molar-refractivity contribution in [2.75, 3.05) is 0 Å².